The lowest BCUT2D eigenvalue weighted by Crippen LogP contribution is -2.15. The van der Waals surface area contributed by atoms with E-state index in [-0.39, 0.29) is 16.3 Å². The molecule has 0 aliphatic heterocycles. The third-order valence-corrected chi connectivity index (χ3v) is 4.65. The zero-order chi connectivity index (χ0) is 19.0. The minimum Gasteiger partial charge on any atom is -0.477 e. The molecule has 26 heavy (non-hydrogen) atoms. The van der Waals surface area contributed by atoms with E-state index in [1.165, 1.54) is 18.2 Å². The van der Waals surface area contributed by atoms with Crippen LogP contribution in [-0.4, -0.2) is 14.4 Å². The highest BCUT2D eigenvalue weighted by Gasteiger charge is 2.20. The van der Waals surface area contributed by atoms with Gasteiger partial charge in [-0.05, 0) is 24.3 Å². The van der Waals surface area contributed by atoms with E-state index in [4.69, 9.17) is 20.5 Å². The third-order valence-electron chi connectivity index (χ3n) is 3.19. The summed E-state index contributed by atoms with van der Waals surface area (Å²) in [5.41, 5.74) is -0.703. The van der Waals surface area contributed by atoms with Crippen molar-refractivity contribution in [3.63, 3.8) is 0 Å². The van der Waals surface area contributed by atoms with Gasteiger partial charge in [0, 0.05) is 0 Å². The fraction of sp³-hybridized carbons (Fsp3) is 0.0556. The second kappa shape index (κ2) is 8.34. The maximum absolute atomic E-state index is 12.6. The second-order valence-corrected chi connectivity index (χ2v) is 6.80. The van der Waals surface area contributed by atoms with Crippen molar-refractivity contribution in [2.75, 3.05) is 11.3 Å². The van der Waals surface area contributed by atoms with Gasteiger partial charge in [0.05, 0.1) is 10.6 Å². The van der Waals surface area contributed by atoms with Gasteiger partial charge in [-0.1, -0.05) is 30.3 Å². The number of para-hydroxylation sites is 2. The number of nitrogens with zero attached hydrogens (tertiary/aromatic N) is 3. The lowest BCUT2D eigenvalue weighted by molar-refractivity contribution is 0.376. The number of nitriles is 3. The minimum absolute atomic E-state index is 0.0729. The number of benzene rings is 2. The topological polar surface area (TPSA) is 127 Å². The van der Waals surface area contributed by atoms with Crippen LogP contribution in [0.2, 0.25) is 0 Å². The minimum atomic E-state index is -3.86. The molecule has 8 heteroatoms. The zero-order valence-electron chi connectivity index (χ0n) is 13.4. The second-order valence-electron chi connectivity index (χ2n) is 4.90. The Morgan fingerprint density at radius 3 is 2.15 bits per heavy atom. The van der Waals surface area contributed by atoms with Crippen molar-refractivity contribution in [1.82, 2.24) is 0 Å². The van der Waals surface area contributed by atoms with Crippen molar-refractivity contribution < 1.29 is 13.2 Å². The molecule has 2 aromatic carbocycles. The highest BCUT2D eigenvalue weighted by atomic mass is 32.2. The summed E-state index contributed by atoms with van der Waals surface area (Å²) in [5, 5.41) is 29.4. The molecule has 0 atom stereocenters. The van der Waals surface area contributed by atoms with Crippen molar-refractivity contribution in [2.45, 2.75) is 4.90 Å². The summed E-state index contributed by atoms with van der Waals surface area (Å²) >= 11 is 0. The molecular formula is C18H12N4O3S. The normalized spacial score (nSPS) is 9.88. The van der Waals surface area contributed by atoms with Gasteiger partial charge in [-0.3, -0.25) is 0 Å². The van der Waals surface area contributed by atoms with E-state index in [9.17, 15) is 8.42 Å². The monoisotopic (exact) mass is 364 g/mol. The molecule has 7 nitrogen and oxygen atoms in total. The first kappa shape index (κ1) is 18.5. The molecule has 1 N–H and O–H groups in total. The summed E-state index contributed by atoms with van der Waals surface area (Å²) < 4.78 is 30.5. The van der Waals surface area contributed by atoms with Crippen LogP contribution in [0.1, 0.15) is 0 Å². The zero-order valence-corrected chi connectivity index (χ0v) is 14.2. The molecule has 0 aliphatic carbocycles. The van der Waals surface area contributed by atoms with Gasteiger partial charge in [0.2, 0.25) is 9.84 Å². The number of nitrogens with one attached hydrogen (secondary N) is 1. The number of anilines is 1. The fourth-order valence-electron chi connectivity index (χ4n) is 1.98. The van der Waals surface area contributed by atoms with Crippen LogP contribution in [0.4, 0.5) is 5.69 Å². The lowest BCUT2D eigenvalue weighted by atomic mass is 10.2. The smallest absolute Gasteiger partial charge is 0.215 e. The van der Waals surface area contributed by atoms with E-state index in [2.05, 4.69) is 5.32 Å². The quantitative estimate of drug-likeness (QED) is 0.781. The summed E-state index contributed by atoms with van der Waals surface area (Å²) in [6, 6.07) is 19.2. The van der Waals surface area contributed by atoms with Crippen molar-refractivity contribution in [3.05, 3.63) is 65.9 Å². The number of hydrogen-bond acceptors (Lipinski definition) is 7. The van der Waals surface area contributed by atoms with Crippen LogP contribution in [0.25, 0.3) is 0 Å². The van der Waals surface area contributed by atoms with E-state index >= 15 is 0 Å². The van der Waals surface area contributed by atoms with Crippen LogP contribution in [0.5, 0.6) is 5.75 Å². The first-order valence-corrected chi connectivity index (χ1v) is 8.88. The van der Waals surface area contributed by atoms with Crippen LogP contribution in [-0.2, 0) is 9.84 Å². The molecule has 128 valence electrons. The molecule has 0 aromatic heterocycles. The van der Waals surface area contributed by atoms with E-state index in [0.29, 0.717) is 5.75 Å². The number of rotatable bonds is 6. The van der Waals surface area contributed by atoms with Crippen molar-refractivity contribution in [3.8, 4) is 24.0 Å². The molecule has 0 spiro atoms. The van der Waals surface area contributed by atoms with Crippen LogP contribution in [0.15, 0.2) is 70.8 Å². The molecule has 0 saturated heterocycles. The molecule has 0 aliphatic rings. The van der Waals surface area contributed by atoms with Crippen LogP contribution in [0, 0.1) is 34.0 Å². The molecule has 0 unspecified atom stereocenters. The summed E-state index contributed by atoms with van der Waals surface area (Å²) in [6.07, 6.45) is 0. The Hall–Kier alpha value is -3.80. The molecular weight excluding hydrogens is 352 g/mol. The fourth-order valence-corrected chi connectivity index (χ4v) is 3.14. The SMILES string of the molecule is N#CC(C#N)=C(C#N)Nc1ccccc1S(=O)(=O)COc1ccccc1. The molecule has 0 fully saturated rings. The van der Waals surface area contributed by atoms with Crippen LogP contribution < -0.4 is 10.1 Å². The Morgan fingerprint density at radius 2 is 1.54 bits per heavy atom. The Kier molecular flexibility index (Phi) is 5.95. The number of allylic oxidation sites excluding steroid dienone is 2. The van der Waals surface area contributed by atoms with Gasteiger partial charge in [0.15, 0.2) is 11.5 Å². The average Bonchev–Trinajstić information content (AvgIpc) is 2.67. The average molecular weight is 364 g/mol. The van der Waals surface area contributed by atoms with Gasteiger partial charge in [0.1, 0.15) is 29.7 Å². The molecule has 0 bridgehead atoms. The van der Waals surface area contributed by atoms with E-state index in [0.717, 1.165) is 0 Å². The molecule has 0 amide bonds. The maximum atomic E-state index is 12.6. The van der Waals surface area contributed by atoms with E-state index < -0.39 is 21.3 Å². The van der Waals surface area contributed by atoms with Crippen LogP contribution in [0.3, 0.4) is 0 Å². The maximum Gasteiger partial charge on any atom is 0.215 e. The van der Waals surface area contributed by atoms with Crippen molar-refractivity contribution in [1.29, 1.82) is 15.8 Å². The lowest BCUT2D eigenvalue weighted by Gasteiger charge is -2.12. The molecule has 2 rings (SSSR count). The van der Waals surface area contributed by atoms with Gasteiger partial charge in [-0.15, -0.1) is 0 Å². The predicted molar refractivity (Wildman–Crippen MR) is 93.1 cm³/mol. The highest BCUT2D eigenvalue weighted by Crippen LogP contribution is 2.24. The predicted octanol–water partition coefficient (Wildman–Crippen LogP) is 2.73. The Labute approximate surface area is 150 Å². The Bertz CT molecular complexity index is 1040. The highest BCUT2D eigenvalue weighted by molar-refractivity contribution is 7.91. The van der Waals surface area contributed by atoms with Gasteiger partial charge in [0.25, 0.3) is 0 Å². The first-order chi connectivity index (χ1) is 12.5. The van der Waals surface area contributed by atoms with Gasteiger partial charge in [-0.2, -0.15) is 15.8 Å². The summed E-state index contributed by atoms with van der Waals surface area (Å²) in [6.45, 7) is 0. The number of hydrogen-bond donors (Lipinski definition) is 1. The molecule has 0 saturated carbocycles. The standard InChI is InChI=1S/C18H12N4O3S/c19-10-14(11-20)17(12-21)22-16-8-4-5-9-18(16)26(23,24)13-25-15-6-2-1-3-7-15/h1-9,22H,13H2. The molecule has 2 aromatic rings. The largest absolute Gasteiger partial charge is 0.477 e. The van der Waals surface area contributed by atoms with Crippen molar-refractivity contribution in [2.24, 2.45) is 0 Å². The van der Waals surface area contributed by atoms with E-state index in [1.54, 1.807) is 54.6 Å². The summed E-state index contributed by atoms with van der Waals surface area (Å²) in [7, 11) is -3.86. The van der Waals surface area contributed by atoms with E-state index in [1.807, 2.05) is 0 Å². The molecule has 0 radical (unpaired) electrons. The van der Waals surface area contributed by atoms with Crippen molar-refractivity contribution >= 4 is 15.5 Å². The Balaban J connectivity index is 2.34. The molecule has 0 heterocycles. The first-order valence-electron chi connectivity index (χ1n) is 7.23. The Morgan fingerprint density at radius 1 is 0.923 bits per heavy atom. The summed E-state index contributed by atoms with van der Waals surface area (Å²) in [4.78, 5) is -0.112. The van der Waals surface area contributed by atoms with Gasteiger partial charge < -0.3 is 10.1 Å². The number of sulfone groups is 1. The summed E-state index contributed by atoms with van der Waals surface area (Å²) in [5.74, 6) is -0.208. The van der Waals surface area contributed by atoms with Gasteiger partial charge >= 0.3 is 0 Å². The number of ether oxygens (including phenoxy) is 1. The third kappa shape index (κ3) is 4.39. The van der Waals surface area contributed by atoms with Crippen LogP contribution >= 0.6 is 0 Å². The van der Waals surface area contributed by atoms with Gasteiger partial charge in [-0.25, -0.2) is 8.42 Å².